The van der Waals surface area contributed by atoms with Crippen LogP contribution in [-0.4, -0.2) is 56.7 Å². The molecule has 20 heteroatoms. The fourth-order valence-electron chi connectivity index (χ4n) is 3.71. The first kappa shape index (κ1) is 30.7. The van der Waals surface area contributed by atoms with E-state index in [1.54, 1.807) is 0 Å². The second-order valence-electron chi connectivity index (χ2n) is 7.10. The molecule has 0 amide bonds. The van der Waals surface area contributed by atoms with Crippen LogP contribution >= 0.6 is 0 Å². The Balaban J connectivity index is 3.74. The molecule has 212 valence electrons. The van der Waals surface area contributed by atoms with Gasteiger partial charge in [-0.15, -0.1) is 0 Å². The average molecular weight is 588 g/mol. The van der Waals surface area contributed by atoms with Gasteiger partial charge in [0.15, 0.2) is 34.9 Å². The molecule has 0 radical (unpaired) electrons. The van der Waals surface area contributed by atoms with Crippen LogP contribution in [0.5, 0.6) is 0 Å². The van der Waals surface area contributed by atoms with Gasteiger partial charge in [-0.05, 0) is 0 Å². The third-order valence-corrected chi connectivity index (χ3v) is 5.10. The summed E-state index contributed by atoms with van der Waals surface area (Å²) in [6.45, 7) is 0. The van der Waals surface area contributed by atoms with Crippen molar-refractivity contribution in [2.75, 3.05) is 0 Å². The highest BCUT2D eigenvalue weighted by Crippen LogP contribution is 2.60. The molecule has 0 saturated carbocycles. The summed E-state index contributed by atoms with van der Waals surface area (Å²) in [5.41, 5.74) is -27.1. The number of aromatic carboxylic acids is 4. The van der Waals surface area contributed by atoms with E-state index < -0.39 is 110 Å². The molecule has 0 saturated heterocycles. The standard InChI is InChI=1S/C19H4F12O8/c20-7-3(15(36)37)1(13(32)33)5(9(22)11(7)24)17(18(26,27)28,19(29,30)31)6-2(14(34)35)4(16(38)39)8(21)12(25)10(6)23/h(H,32,33)(H,34,35)(H,36,37)(H,38,39). The molecule has 0 atom stereocenters. The van der Waals surface area contributed by atoms with Crippen molar-refractivity contribution in [2.45, 2.75) is 17.8 Å². The minimum atomic E-state index is -7.62. The van der Waals surface area contributed by atoms with Crippen LogP contribution in [0.15, 0.2) is 0 Å². The maximum atomic E-state index is 14.8. The summed E-state index contributed by atoms with van der Waals surface area (Å²) in [6.07, 6.45) is -15.2. The summed E-state index contributed by atoms with van der Waals surface area (Å²) in [4.78, 5) is 45.8. The summed E-state index contributed by atoms with van der Waals surface area (Å²) in [5, 5.41) is 36.3. The van der Waals surface area contributed by atoms with Crippen molar-refractivity contribution < 1.29 is 92.3 Å². The number of halogens is 12. The van der Waals surface area contributed by atoms with E-state index in [0.29, 0.717) is 0 Å². The topological polar surface area (TPSA) is 149 Å². The van der Waals surface area contributed by atoms with E-state index in [9.17, 15) is 82.1 Å². The van der Waals surface area contributed by atoms with Crippen LogP contribution in [0.4, 0.5) is 52.7 Å². The zero-order valence-electron chi connectivity index (χ0n) is 17.5. The van der Waals surface area contributed by atoms with E-state index >= 15 is 0 Å². The number of hydrogen-bond donors (Lipinski definition) is 4. The largest absolute Gasteiger partial charge is 0.478 e. The van der Waals surface area contributed by atoms with E-state index in [1.165, 1.54) is 0 Å². The summed E-state index contributed by atoms with van der Waals surface area (Å²) < 4.78 is 173. The lowest BCUT2D eigenvalue weighted by atomic mass is 9.67. The van der Waals surface area contributed by atoms with Gasteiger partial charge in [0.2, 0.25) is 5.41 Å². The van der Waals surface area contributed by atoms with Crippen LogP contribution in [0, 0.1) is 34.9 Å². The number of benzene rings is 2. The van der Waals surface area contributed by atoms with Crippen molar-refractivity contribution in [3.8, 4) is 0 Å². The number of carboxylic acids is 4. The molecule has 2 rings (SSSR count). The SMILES string of the molecule is O=C(O)c1c(F)c(F)c(F)c(C(c2c(F)c(F)c(F)c(C(=O)O)c2C(=O)O)(C(F)(F)F)C(F)(F)F)c1C(=O)O. The fourth-order valence-corrected chi connectivity index (χ4v) is 3.71. The van der Waals surface area contributed by atoms with Crippen LogP contribution in [0.3, 0.4) is 0 Å². The van der Waals surface area contributed by atoms with Gasteiger partial charge in [-0.3, -0.25) is 0 Å². The number of hydrogen-bond acceptors (Lipinski definition) is 4. The van der Waals surface area contributed by atoms with Gasteiger partial charge in [-0.2, -0.15) is 26.3 Å². The van der Waals surface area contributed by atoms with Gasteiger partial charge in [0.25, 0.3) is 0 Å². The van der Waals surface area contributed by atoms with Crippen molar-refractivity contribution in [1.29, 1.82) is 0 Å². The first-order valence-corrected chi connectivity index (χ1v) is 8.98. The lowest BCUT2D eigenvalue weighted by Gasteiger charge is -2.40. The molecule has 0 aliphatic heterocycles. The Hall–Kier alpha value is -4.52. The second kappa shape index (κ2) is 9.34. The minimum Gasteiger partial charge on any atom is -0.478 e. The van der Waals surface area contributed by atoms with Crippen LogP contribution < -0.4 is 0 Å². The molecule has 0 aliphatic carbocycles. The monoisotopic (exact) mass is 588 g/mol. The van der Waals surface area contributed by atoms with Gasteiger partial charge in [0.05, 0.1) is 11.1 Å². The Morgan fingerprint density at radius 2 is 0.641 bits per heavy atom. The van der Waals surface area contributed by atoms with Crippen LogP contribution in [0.1, 0.15) is 52.6 Å². The van der Waals surface area contributed by atoms with E-state index in [-0.39, 0.29) is 0 Å². The fraction of sp³-hybridized carbons (Fsp3) is 0.158. The Kier molecular flexibility index (Phi) is 7.36. The summed E-state index contributed by atoms with van der Waals surface area (Å²) in [7, 11) is 0. The predicted molar refractivity (Wildman–Crippen MR) is 93.4 cm³/mol. The van der Waals surface area contributed by atoms with E-state index in [2.05, 4.69) is 0 Å². The van der Waals surface area contributed by atoms with Crippen molar-refractivity contribution in [3.63, 3.8) is 0 Å². The molecule has 0 bridgehead atoms. The van der Waals surface area contributed by atoms with E-state index in [4.69, 9.17) is 10.2 Å². The molecule has 0 heterocycles. The summed E-state index contributed by atoms with van der Waals surface area (Å²) >= 11 is 0. The molecule has 8 nitrogen and oxygen atoms in total. The zero-order chi connectivity index (χ0) is 30.7. The van der Waals surface area contributed by atoms with Crippen LogP contribution in [0.25, 0.3) is 0 Å². The zero-order valence-corrected chi connectivity index (χ0v) is 17.5. The molecule has 2 aromatic carbocycles. The first-order valence-electron chi connectivity index (χ1n) is 8.98. The van der Waals surface area contributed by atoms with Crippen LogP contribution in [-0.2, 0) is 5.41 Å². The van der Waals surface area contributed by atoms with Gasteiger partial charge >= 0.3 is 36.2 Å². The average Bonchev–Trinajstić information content (AvgIpc) is 2.75. The van der Waals surface area contributed by atoms with E-state index in [1.807, 2.05) is 0 Å². The second-order valence-corrected chi connectivity index (χ2v) is 7.10. The summed E-state index contributed by atoms with van der Waals surface area (Å²) in [5.74, 6) is -34.3. The van der Waals surface area contributed by atoms with Gasteiger partial charge < -0.3 is 20.4 Å². The lowest BCUT2D eigenvalue weighted by molar-refractivity contribution is -0.290. The molecule has 4 N–H and O–H groups in total. The Morgan fingerprint density at radius 3 is 0.821 bits per heavy atom. The molecule has 39 heavy (non-hydrogen) atoms. The Labute approximate surface area is 203 Å². The van der Waals surface area contributed by atoms with Crippen molar-refractivity contribution in [3.05, 3.63) is 68.3 Å². The van der Waals surface area contributed by atoms with Gasteiger partial charge in [0.1, 0.15) is 11.1 Å². The summed E-state index contributed by atoms with van der Waals surface area (Å²) in [6, 6.07) is 0. The van der Waals surface area contributed by atoms with Crippen molar-refractivity contribution in [2.24, 2.45) is 0 Å². The maximum Gasteiger partial charge on any atom is 0.411 e. The van der Waals surface area contributed by atoms with Gasteiger partial charge in [0, 0.05) is 11.1 Å². The van der Waals surface area contributed by atoms with Gasteiger partial charge in [-0.1, -0.05) is 0 Å². The lowest BCUT2D eigenvalue weighted by Crippen LogP contribution is -2.58. The molecular weight excluding hydrogens is 584 g/mol. The first-order chi connectivity index (χ1) is 17.5. The molecule has 0 fully saturated rings. The molecule has 0 aromatic heterocycles. The minimum absolute atomic E-state index is 2.94. The highest BCUT2D eigenvalue weighted by atomic mass is 19.4. The molecule has 0 spiro atoms. The number of carbonyl (C=O) groups is 4. The van der Waals surface area contributed by atoms with Crippen molar-refractivity contribution in [1.82, 2.24) is 0 Å². The van der Waals surface area contributed by atoms with E-state index in [0.717, 1.165) is 0 Å². The number of alkyl halides is 6. The Bertz CT molecular complexity index is 1350. The third kappa shape index (κ3) is 4.14. The smallest absolute Gasteiger partial charge is 0.411 e. The highest BCUT2D eigenvalue weighted by Gasteiger charge is 2.77. The molecule has 0 aliphatic rings. The van der Waals surface area contributed by atoms with Crippen LogP contribution in [0.2, 0.25) is 0 Å². The maximum absolute atomic E-state index is 14.8. The number of carboxylic acid groups (broad SMARTS) is 4. The number of rotatable bonds is 6. The third-order valence-electron chi connectivity index (χ3n) is 5.10. The van der Waals surface area contributed by atoms with Gasteiger partial charge in [-0.25, -0.2) is 45.5 Å². The quantitative estimate of drug-likeness (QED) is 0.280. The highest BCUT2D eigenvalue weighted by molar-refractivity contribution is 6.05. The Morgan fingerprint density at radius 1 is 0.410 bits per heavy atom. The molecule has 2 aromatic rings. The predicted octanol–water partition coefficient (Wildman–Crippen LogP) is 4.72. The van der Waals surface area contributed by atoms with Crippen molar-refractivity contribution >= 4 is 23.9 Å². The normalized spacial score (nSPS) is 12.4. The molecule has 0 unspecified atom stereocenters. The molecular formula is C19H4F12O8.